The Kier molecular flexibility index (Phi) is 6.77. The zero-order chi connectivity index (χ0) is 20.8. The van der Waals surface area contributed by atoms with Crippen molar-refractivity contribution in [2.24, 2.45) is 0 Å². The molecule has 0 fully saturated rings. The number of thiazole rings is 1. The van der Waals surface area contributed by atoms with Crippen LogP contribution in [0.5, 0.6) is 0 Å². The van der Waals surface area contributed by atoms with Gasteiger partial charge in [-0.3, -0.25) is 9.59 Å². The molecule has 0 aliphatic carbocycles. The molecule has 150 valence electrons. The van der Waals surface area contributed by atoms with E-state index in [-0.39, 0.29) is 18.2 Å². The fraction of sp³-hybridized carbons (Fsp3) is 0.261. The predicted molar refractivity (Wildman–Crippen MR) is 118 cm³/mol. The lowest BCUT2D eigenvalue weighted by atomic mass is 10.0. The van der Waals surface area contributed by atoms with Crippen LogP contribution in [0.3, 0.4) is 0 Å². The van der Waals surface area contributed by atoms with Crippen LogP contribution < -0.4 is 10.6 Å². The SMILES string of the molecule is CC(=O)Nc1ccc(CNC(=O)Cc2csc(-c3ccc(C(C)C)cc3)n2)cc1. The van der Waals surface area contributed by atoms with Gasteiger partial charge in [-0.15, -0.1) is 11.3 Å². The highest BCUT2D eigenvalue weighted by atomic mass is 32.1. The summed E-state index contributed by atoms with van der Waals surface area (Å²) in [5.74, 6) is 0.327. The van der Waals surface area contributed by atoms with Crippen molar-refractivity contribution in [3.63, 3.8) is 0 Å². The van der Waals surface area contributed by atoms with E-state index in [0.29, 0.717) is 12.5 Å². The highest BCUT2D eigenvalue weighted by Gasteiger charge is 2.10. The minimum atomic E-state index is -0.107. The Morgan fingerprint density at radius 1 is 1.03 bits per heavy atom. The van der Waals surface area contributed by atoms with Gasteiger partial charge >= 0.3 is 0 Å². The van der Waals surface area contributed by atoms with Crippen molar-refractivity contribution in [1.29, 1.82) is 0 Å². The molecule has 0 spiro atoms. The largest absolute Gasteiger partial charge is 0.352 e. The number of hydrogen-bond acceptors (Lipinski definition) is 4. The van der Waals surface area contributed by atoms with E-state index >= 15 is 0 Å². The van der Waals surface area contributed by atoms with Crippen LogP contribution in [0, 0.1) is 0 Å². The number of amides is 2. The number of benzene rings is 2. The van der Waals surface area contributed by atoms with Crippen LogP contribution in [0.2, 0.25) is 0 Å². The number of carbonyl (C=O) groups excluding carboxylic acids is 2. The Balaban J connectivity index is 1.53. The second-order valence-electron chi connectivity index (χ2n) is 7.25. The van der Waals surface area contributed by atoms with Gasteiger partial charge < -0.3 is 10.6 Å². The van der Waals surface area contributed by atoms with Gasteiger partial charge in [-0.2, -0.15) is 0 Å². The Hall–Kier alpha value is -2.99. The first-order valence-corrected chi connectivity index (χ1v) is 10.5. The van der Waals surface area contributed by atoms with E-state index in [2.05, 4.69) is 53.7 Å². The lowest BCUT2D eigenvalue weighted by Gasteiger charge is -2.06. The highest BCUT2D eigenvalue weighted by molar-refractivity contribution is 7.13. The lowest BCUT2D eigenvalue weighted by Crippen LogP contribution is -2.24. The maximum absolute atomic E-state index is 12.3. The fourth-order valence-electron chi connectivity index (χ4n) is 2.87. The number of nitrogens with zero attached hydrogens (tertiary/aromatic N) is 1. The molecule has 0 bridgehead atoms. The second-order valence-corrected chi connectivity index (χ2v) is 8.11. The molecule has 0 saturated carbocycles. The molecule has 0 radical (unpaired) electrons. The fourth-order valence-corrected chi connectivity index (χ4v) is 3.69. The average Bonchev–Trinajstić information content (AvgIpc) is 3.15. The molecule has 5 nitrogen and oxygen atoms in total. The van der Waals surface area contributed by atoms with Gasteiger partial charge in [0.2, 0.25) is 11.8 Å². The Morgan fingerprint density at radius 2 is 1.72 bits per heavy atom. The third-order valence-corrected chi connectivity index (χ3v) is 5.42. The molecule has 1 aromatic heterocycles. The topological polar surface area (TPSA) is 71.1 Å². The summed E-state index contributed by atoms with van der Waals surface area (Å²) in [4.78, 5) is 27.9. The second kappa shape index (κ2) is 9.47. The molecule has 1 heterocycles. The van der Waals surface area contributed by atoms with E-state index in [1.807, 2.05) is 29.6 Å². The molecular weight excluding hydrogens is 382 g/mol. The zero-order valence-electron chi connectivity index (χ0n) is 16.9. The number of hydrogen-bond donors (Lipinski definition) is 2. The van der Waals surface area contributed by atoms with Gasteiger partial charge in [0.1, 0.15) is 5.01 Å². The molecular formula is C23H25N3O2S. The van der Waals surface area contributed by atoms with Crippen LogP contribution in [0.4, 0.5) is 5.69 Å². The molecule has 0 unspecified atom stereocenters. The van der Waals surface area contributed by atoms with Gasteiger partial charge in [0.25, 0.3) is 0 Å². The van der Waals surface area contributed by atoms with E-state index in [0.717, 1.165) is 27.5 Å². The Bertz CT molecular complexity index is 976. The molecule has 2 aromatic carbocycles. The van der Waals surface area contributed by atoms with Gasteiger partial charge in [-0.05, 0) is 29.2 Å². The van der Waals surface area contributed by atoms with Gasteiger partial charge in [-0.1, -0.05) is 50.2 Å². The smallest absolute Gasteiger partial charge is 0.226 e. The monoisotopic (exact) mass is 407 g/mol. The van der Waals surface area contributed by atoms with Crippen LogP contribution in [0.1, 0.15) is 43.5 Å². The van der Waals surface area contributed by atoms with Crippen LogP contribution in [-0.4, -0.2) is 16.8 Å². The van der Waals surface area contributed by atoms with Gasteiger partial charge in [0.05, 0.1) is 12.1 Å². The first kappa shape index (κ1) is 20.7. The maximum atomic E-state index is 12.3. The third kappa shape index (κ3) is 5.99. The molecule has 6 heteroatoms. The van der Waals surface area contributed by atoms with Crippen LogP contribution in [0.15, 0.2) is 53.9 Å². The molecule has 3 rings (SSSR count). The number of anilines is 1. The van der Waals surface area contributed by atoms with Crippen LogP contribution >= 0.6 is 11.3 Å². The third-order valence-electron chi connectivity index (χ3n) is 4.48. The molecule has 3 aromatic rings. The number of nitrogens with one attached hydrogen (secondary N) is 2. The van der Waals surface area contributed by atoms with Gasteiger partial charge in [0, 0.05) is 30.1 Å². The first-order valence-electron chi connectivity index (χ1n) is 9.58. The normalized spacial score (nSPS) is 10.8. The van der Waals surface area contributed by atoms with Crippen LogP contribution in [-0.2, 0) is 22.6 Å². The van der Waals surface area contributed by atoms with Gasteiger partial charge in [0.15, 0.2) is 0 Å². The summed E-state index contributed by atoms with van der Waals surface area (Å²) in [5.41, 5.74) is 4.86. The molecule has 0 aliphatic rings. The minimum absolute atomic E-state index is 0.0667. The summed E-state index contributed by atoms with van der Waals surface area (Å²) >= 11 is 1.55. The van der Waals surface area contributed by atoms with Crippen molar-refractivity contribution in [3.8, 4) is 10.6 Å². The summed E-state index contributed by atoms with van der Waals surface area (Å²) in [7, 11) is 0. The standard InChI is InChI=1S/C23H25N3O2S/c1-15(2)18-6-8-19(9-7-18)23-26-21(14-29-23)12-22(28)24-13-17-4-10-20(11-5-17)25-16(3)27/h4-11,14-15H,12-13H2,1-3H3,(H,24,28)(H,25,27). The number of rotatable bonds is 7. The van der Waals surface area contributed by atoms with Gasteiger partial charge in [-0.25, -0.2) is 4.98 Å². The molecule has 2 amide bonds. The Morgan fingerprint density at radius 3 is 2.34 bits per heavy atom. The molecule has 0 atom stereocenters. The van der Waals surface area contributed by atoms with E-state index in [9.17, 15) is 9.59 Å². The predicted octanol–water partition coefficient (Wildman–Crippen LogP) is 4.75. The van der Waals surface area contributed by atoms with Crippen molar-refractivity contribution in [2.75, 3.05) is 5.32 Å². The molecule has 0 saturated heterocycles. The summed E-state index contributed by atoms with van der Waals surface area (Å²) in [6, 6.07) is 15.8. The van der Waals surface area contributed by atoms with Crippen molar-refractivity contribution < 1.29 is 9.59 Å². The first-order chi connectivity index (χ1) is 13.9. The molecule has 2 N–H and O–H groups in total. The zero-order valence-corrected chi connectivity index (χ0v) is 17.7. The molecule has 29 heavy (non-hydrogen) atoms. The van der Waals surface area contributed by atoms with Crippen molar-refractivity contribution >= 4 is 28.8 Å². The minimum Gasteiger partial charge on any atom is -0.352 e. The Labute approximate surface area is 175 Å². The van der Waals surface area contributed by atoms with E-state index < -0.39 is 0 Å². The lowest BCUT2D eigenvalue weighted by molar-refractivity contribution is -0.120. The summed E-state index contributed by atoms with van der Waals surface area (Å²) in [6.45, 7) is 6.25. The van der Waals surface area contributed by atoms with E-state index in [1.165, 1.54) is 12.5 Å². The average molecular weight is 408 g/mol. The summed E-state index contributed by atoms with van der Waals surface area (Å²) in [6.07, 6.45) is 0.255. The van der Waals surface area contributed by atoms with E-state index in [4.69, 9.17) is 0 Å². The number of carbonyl (C=O) groups is 2. The van der Waals surface area contributed by atoms with E-state index in [1.54, 1.807) is 11.3 Å². The van der Waals surface area contributed by atoms with Crippen molar-refractivity contribution in [3.05, 3.63) is 70.7 Å². The maximum Gasteiger partial charge on any atom is 0.226 e. The highest BCUT2D eigenvalue weighted by Crippen LogP contribution is 2.26. The van der Waals surface area contributed by atoms with Crippen molar-refractivity contribution in [1.82, 2.24) is 10.3 Å². The summed E-state index contributed by atoms with van der Waals surface area (Å²) in [5, 5.41) is 8.50. The molecule has 0 aliphatic heterocycles. The number of aromatic nitrogens is 1. The summed E-state index contributed by atoms with van der Waals surface area (Å²) < 4.78 is 0. The van der Waals surface area contributed by atoms with Crippen molar-refractivity contribution in [2.45, 2.75) is 39.7 Å². The van der Waals surface area contributed by atoms with Crippen LogP contribution in [0.25, 0.3) is 10.6 Å². The quantitative estimate of drug-likeness (QED) is 0.594.